The molecule has 1 aromatic rings. The Kier molecular flexibility index (Phi) is 4.72. The fourth-order valence-electron chi connectivity index (χ4n) is 1.83. The summed E-state index contributed by atoms with van der Waals surface area (Å²) in [6.45, 7) is 6.62. The number of likely N-dealkylation sites (N-methyl/N-ethyl adjacent to an activating group) is 1. The van der Waals surface area contributed by atoms with Crippen molar-refractivity contribution in [2.45, 2.75) is 0 Å². The van der Waals surface area contributed by atoms with E-state index in [-0.39, 0.29) is 0 Å². The first-order valence-electron chi connectivity index (χ1n) is 5.76. The summed E-state index contributed by atoms with van der Waals surface area (Å²) in [6, 6.07) is 0. The second-order valence-corrected chi connectivity index (χ2v) is 6.70. The Morgan fingerprint density at radius 2 is 1.94 bits per heavy atom. The zero-order valence-electron chi connectivity index (χ0n) is 10.3. The molecule has 1 fully saturated rings. The number of halogens is 1. The summed E-state index contributed by atoms with van der Waals surface area (Å²) >= 11 is 4.96. The summed E-state index contributed by atoms with van der Waals surface area (Å²) in [4.78, 5) is 7.05. The molecule has 1 aliphatic rings. The fraction of sp³-hybridized carbons (Fsp3) is 0.800. The zero-order valence-corrected chi connectivity index (χ0v) is 12.7. The third kappa shape index (κ3) is 3.87. The average molecular weight is 320 g/mol. The first-order chi connectivity index (χ1) is 8.15. The van der Waals surface area contributed by atoms with Crippen LogP contribution in [-0.4, -0.2) is 73.4 Å². The van der Waals surface area contributed by atoms with E-state index in [0.717, 1.165) is 48.3 Å². The van der Waals surface area contributed by atoms with E-state index >= 15 is 0 Å². The maximum absolute atomic E-state index is 4.16. The van der Waals surface area contributed by atoms with Crippen LogP contribution in [0.2, 0.25) is 0 Å². The Morgan fingerprint density at radius 1 is 1.24 bits per heavy atom. The molecule has 1 aliphatic heterocycles. The lowest BCUT2D eigenvalue weighted by Crippen LogP contribution is -2.48. The molecule has 5 nitrogen and oxygen atoms in total. The Bertz CT molecular complexity index is 348. The molecule has 0 unspecified atom stereocenters. The van der Waals surface area contributed by atoms with Crippen molar-refractivity contribution in [3.05, 3.63) is 3.92 Å². The normalized spacial score (nSPS) is 18.0. The monoisotopic (exact) mass is 319 g/mol. The van der Waals surface area contributed by atoms with Gasteiger partial charge in [-0.2, -0.15) is 0 Å². The minimum atomic E-state index is 0.863. The number of rotatable bonds is 4. The molecular formula is C10H18BrN5S. The van der Waals surface area contributed by atoms with Crippen LogP contribution in [0.1, 0.15) is 0 Å². The van der Waals surface area contributed by atoms with Crippen molar-refractivity contribution in [2.75, 3.05) is 58.3 Å². The van der Waals surface area contributed by atoms with E-state index in [1.54, 1.807) is 11.3 Å². The molecule has 0 aliphatic carbocycles. The molecule has 0 aromatic carbocycles. The minimum Gasteiger partial charge on any atom is -0.344 e. The van der Waals surface area contributed by atoms with E-state index in [9.17, 15) is 0 Å². The van der Waals surface area contributed by atoms with Crippen molar-refractivity contribution in [1.29, 1.82) is 0 Å². The van der Waals surface area contributed by atoms with Crippen molar-refractivity contribution >= 4 is 32.4 Å². The van der Waals surface area contributed by atoms with E-state index in [0.29, 0.717) is 0 Å². The number of aromatic nitrogens is 2. The van der Waals surface area contributed by atoms with E-state index in [2.05, 4.69) is 54.9 Å². The molecule has 0 amide bonds. The second-order valence-electron chi connectivity index (χ2n) is 4.47. The summed E-state index contributed by atoms with van der Waals surface area (Å²) in [6.07, 6.45) is 0. The molecule has 0 saturated carbocycles. The molecular weight excluding hydrogens is 302 g/mol. The summed E-state index contributed by atoms with van der Waals surface area (Å²) in [5, 5.41) is 9.18. The van der Waals surface area contributed by atoms with Gasteiger partial charge in [0, 0.05) is 39.3 Å². The van der Waals surface area contributed by atoms with Crippen LogP contribution in [0.15, 0.2) is 3.92 Å². The van der Waals surface area contributed by atoms with Gasteiger partial charge in [0.15, 0.2) is 3.92 Å². The highest BCUT2D eigenvalue weighted by molar-refractivity contribution is 9.11. The maximum Gasteiger partial charge on any atom is 0.209 e. The molecule has 1 aromatic heterocycles. The number of anilines is 1. The first-order valence-corrected chi connectivity index (χ1v) is 7.37. The predicted octanol–water partition coefficient (Wildman–Crippen LogP) is 0.984. The smallest absolute Gasteiger partial charge is 0.209 e. The highest BCUT2D eigenvalue weighted by Crippen LogP contribution is 2.24. The van der Waals surface area contributed by atoms with Crippen molar-refractivity contribution in [2.24, 2.45) is 0 Å². The summed E-state index contributed by atoms with van der Waals surface area (Å²) in [5.74, 6) is 0. The summed E-state index contributed by atoms with van der Waals surface area (Å²) < 4.78 is 0.863. The molecule has 96 valence electrons. The maximum atomic E-state index is 4.16. The molecule has 17 heavy (non-hydrogen) atoms. The lowest BCUT2D eigenvalue weighted by molar-refractivity contribution is 0.229. The number of nitrogens with zero attached hydrogens (tertiary/aromatic N) is 5. The van der Waals surface area contributed by atoms with Crippen LogP contribution in [-0.2, 0) is 0 Å². The van der Waals surface area contributed by atoms with Gasteiger partial charge in [0.1, 0.15) is 0 Å². The largest absolute Gasteiger partial charge is 0.344 e. The molecule has 0 N–H and O–H groups in total. The van der Waals surface area contributed by atoms with Crippen molar-refractivity contribution in [3.63, 3.8) is 0 Å². The average Bonchev–Trinajstić information content (AvgIpc) is 2.74. The van der Waals surface area contributed by atoms with Gasteiger partial charge in [-0.1, -0.05) is 11.3 Å². The van der Waals surface area contributed by atoms with Gasteiger partial charge >= 0.3 is 0 Å². The zero-order chi connectivity index (χ0) is 12.3. The van der Waals surface area contributed by atoms with Crippen LogP contribution >= 0.6 is 27.3 Å². The standard InChI is InChI=1S/C10H18BrN5S/c1-14(2)3-4-15-5-7-16(8-6-15)10-13-12-9(11)17-10/h3-8H2,1-2H3. The highest BCUT2D eigenvalue weighted by Gasteiger charge is 2.19. The number of piperazine rings is 1. The van der Waals surface area contributed by atoms with Crippen LogP contribution in [0, 0.1) is 0 Å². The molecule has 0 spiro atoms. The van der Waals surface area contributed by atoms with Gasteiger partial charge in [-0.3, -0.25) is 4.90 Å². The molecule has 2 rings (SSSR count). The molecule has 2 heterocycles. The molecule has 0 atom stereocenters. The third-order valence-electron chi connectivity index (χ3n) is 2.90. The van der Waals surface area contributed by atoms with Crippen LogP contribution in [0.25, 0.3) is 0 Å². The van der Waals surface area contributed by atoms with Gasteiger partial charge in [-0.05, 0) is 30.0 Å². The quantitative estimate of drug-likeness (QED) is 0.827. The van der Waals surface area contributed by atoms with Crippen LogP contribution < -0.4 is 4.90 Å². The van der Waals surface area contributed by atoms with Gasteiger partial charge in [-0.25, -0.2) is 0 Å². The van der Waals surface area contributed by atoms with Gasteiger partial charge in [0.2, 0.25) is 5.13 Å². The van der Waals surface area contributed by atoms with Gasteiger partial charge in [0.05, 0.1) is 0 Å². The Balaban J connectivity index is 1.78. The number of hydrogen-bond donors (Lipinski definition) is 0. The minimum absolute atomic E-state index is 0.863. The molecule has 0 radical (unpaired) electrons. The van der Waals surface area contributed by atoms with Crippen molar-refractivity contribution in [3.8, 4) is 0 Å². The van der Waals surface area contributed by atoms with Crippen LogP contribution in [0.4, 0.5) is 5.13 Å². The van der Waals surface area contributed by atoms with Crippen LogP contribution in [0.5, 0.6) is 0 Å². The second kappa shape index (κ2) is 6.08. The summed E-state index contributed by atoms with van der Waals surface area (Å²) in [5.41, 5.74) is 0. The predicted molar refractivity (Wildman–Crippen MR) is 74.8 cm³/mol. The number of hydrogen-bond acceptors (Lipinski definition) is 6. The summed E-state index contributed by atoms with van der Waals surface area (Å²) in [7, 11) is 4.24. The Hall–Kier alpha value is -0.240. The van der Waals surface area contributed by atoms with E-state index in [4.69, 9.17) is 0 Å². The van der Waals surface area contributed by atoms with Gasteiger partial charge in [0.25, 0.3) is 0 Å². The molecule has 7 heteroatoms. The van der Waals surface area contributed by atoms with Crippen molar-refractivity contribution < 1.29 is 0 Å². The topological polar surface area (TPSA) is 35.5 Å². The van der Waals surface area contributed by atoms with E-state index < -0.39 is 0 Å². The molecule has 0 bridgehead atoms. The van der Waals surface area contributed by atoms with Gasteiger partial charge < -0.3 is 9.80 Å². The Morgan fingerprint density at radius 3 is 2.47 bits per heavy atom. The fourth-order valence-corrected chi connectivity index (χ4v) is 2.97. The lowest BCUT2D eigenvalue weighted by Gasteiger charge is -2.34. The first kappa shape index (κ1) is 13.2. The van der Waals surface area contributed by atoms with Crippen molar-refractivity contribution in [1.82, 2.24) is 20.0 Å². The van der Waals surface area contributed by atoms with E-state index in [1.807, 2.05) is 0 Å². The third-order valence-corrected chi connectivity index (χ3v) is 4.31. The highest BCUT2D eigenvalue weighted by atomic mass is 79.9. The van der Waals surface area contributed by atoms with Crippen LogP contribution in [0.3, 0.4) is 0 Å². The Labute approximate surface area is 115 Å². The van der Waals surface area contributed by atoms with E-state index in [1.165, 1.54) is 0 Å². The lowest BCUT2D eigenvalue weighted by atomic mass is 10.3. The molecule has 1 saturated heterocycles. The van der Waals surface area contributed by atoms with Gasteiger partial charge in [-0.15, -0.1) is 10.2 Å². The SMILES string of the molecule is CN(C)CCN1CCN(c2nnc(Br)s2)CC1.